The summed E-state index contributed by atoms with van der Waals surface area (Å²) in [6.45, 7) is 5.76. The van der Waals surface area contributed by atoms with Crippen molar-refractivity contribution in [1.82, 2.24) is 29.9 Å². The first-order valence-electron chi connectivity index (χ1n) is 23.0. The second-order valence-corrected chi connectivity index (χ2v) is 19.7. The Morgan fingerprint density at radius 3 is 2.28 bits per heavy atom. The Balaban J connectivity index is 0.683. The van der Waals surface area contributed by atoms with Crippen LogP contribution in [0.2, 0.25) is 0 Å². The number of halogens is 4. The van der Waals surface area contributed by atoms with E-state index in [2.05, 4.69) is 21.3 Å². The molecule has 11 rings (SSSR count). The number of imide groups is 1. The zero-order chi connectivity index (χ0) is 44.2. The summed E-state index contributed by atoms with van der Waals surface area (Å²) >= 11 is 0. The third kappa shape index (κ3) is 6.99. The van der Waals surface area contributed by atoms with Crippen LogP contribution in [0.1, 0.15) is 108 Å². The smallest absolute Gasteiger partial charge is 0.255 e. The quantitative estimate of drug-likeness (QED) is 0.155. The topological polar surface area (TPSA) is 112 Å². The molecule has 6 aliphatic heterocycles. The summed E-state index contributed by atoms with van der Waals surface area (Å²) < 4.78 is 60.5. The van der Waals surface area contributed by atoms with E-state index >= 15 is 8.78 Å². The molecular weight excluding hydrogens is 827 g/mol. The summed E-state index contributed by atoms with van der Waals surface area (Å²) in [5, 5.41) is 3.30. The molecule has 336 valence electrons. The Bertz CT molecular complexity index is 2550. The summed E-state index contributed by atoms with van der Waals surface area (Å²) in [5.41, 5.74) is 6.45. The molecule has 4 aromatic rings. The number of carbonyl (C=O) groups excluding carboxylic acids is 4. The Morgan fingerprint density at radius 1 is 0.875 bits per heavy atom. The summed E-state index contributed by atoms with van der Waals surface area (Å²) in [6.07, 6.45) is 3.44. The molecule has 3 aromatic carbocycles. The van der Waals surface area contributed by atoms with Gasteiger partial charge in [-0.3, -0.25) is 34.3 Å². The van der Waals surface area contributed by atoms with Gasteiger partial charge in [0, 0.05) is 104 Å². The lowest BCUT2D eigenvalue weighted by Gasteiger charge is -2.53. The molecule has 0 bridgehead atoms. The molecule has 7 aliphatic rings. The zero-order valence-electron chi connectivity index (χ0n) is 36.0. The monoisotopic (exact) mass is 879 g/mol. The van der Waals surface area contributed by atoms with Crippen LogP contribution < -0.4 is 10.2 Å². The lowest BCUT2D eigenvalue weighted by molar-refractivity contribution is -0.146. The number of alkyl halides is 2. The number of benzene rings is 3. The molecule has 3 atom stereocenters. The van der Waals surface area contributed by atoms with Crippen molar-refractivity contribution >= 4 is 40.2 Å². The number of hydrogen-bond acceptors (Lipinski definition) is 7. The SMILES string of the molecule is C[C@@H]1Cc2c([nH]c3ccccc23)[C@@H](c2c(F)cc(N3CCC4(CC3)CC(C(=O)N3CCC(N5Cc6cc7c(cc6C5)C(=O)N(C5CCC(=O)NC5=O)C7)CC3)C4)cc2F)N1CC(F)F. The average molecular weight is 880 g/mol. The standard InChI is InChI=1S/C49H53F4N7O4/c1-27-16-36-34-4-2-3-5-39(34)54-44(36)45(59(27)26-41(52)53)43-37(50)19-33(20-38(43)51)56-14-10-49(11-15-56)21-31(22-49)47(63)57-12-8-32(9-13-57)58-23-28-17-30-25-60(40-6-7-42(61)55-46(40)62)48(64)35(30)18-29(28)24-58/h2-5,17-20,27,31-32,40-41,45,54H,6-16,21-26H2,1H3,(H,55,61,62)/t27-,40?,45-/m1/s1. The van der Waals surface area contributed by atoms with Crippen LogP contribution in [-0.4, -0.2) is 105 Å². The van der Waals surface area contributed by atoms with Crippen LogP contribution in [-0.2, 0) is 40.4 Å². The molecule has 3 saturated heterocycles. The lowest BCUT2D eigenvalue weighted by Crippen LogP contribution is -2.53. The number of hydrogen-bond donors (Lipinski definition) is 2. The number of carbonyl (C=O) groups is 4. The highest BCUT2D eigenvalue weighted by Gasteiger charge is 2.50. The fraction of sp³-hybridized carbons (Fsp3) is 0.510. The summed E-state index contributed by atoms with van der Waals surface area (Å²) in [5.74, 6) is -2.14. The number of fused-ring (bicyclic) bond motifs is 5. The van der Waals surface area contributed by atoms with Gasteiger partial charge in [-0.25, -0.2) is 17.6 Å². The van der Waals surface area contributed by atoms with Gasteiger partial charge in [-0.2, -0.15) is 0 Å². The van der Waals surface area contributed by atoms with Crippen LogP contribution in [0.4, 0.5) is 23.2 Å². The summed E-state index contributed by atoms with van der Waals surface area (Å²) in [4.78, 5) is 64.3. The maximum atomic E-state index is 16.3. The van der Waals surface area contributed by atoms with Crippen LogP contribution in [0.5, 0.6) is 0 Å². The molecule has 64 heavy (non-hydrogen) atoms. The van der Waals surface area contributed by atoms with Crippen molar-refractivity contribution in [3.8, 4) is 0 Å². The van der Waals surface area contributed by atoms with E-state index in [1.54, 1.807) is 4.90 Å². The minimum absolute atomic E-state index is 0.0171. The molecule has 4 amide bonds. The third-order valence-corrected chi connectivity index (χ3v) is 16.0. The Labute approximate surface area is 369 Å². The Kier molecular flexibility index (Phi) is 10.2. The van der Waals surface area contributed by atoms with Gasteiger partial charge in [0.25, 0.3) is 12.3 Å². The second-order valence-electron chi connectivity index (χ2n) is 19.7. The number of anilines is 1. The molecule has 7 heterocycles. The number of para-hydroxylation sites is 1. The van der Waals surface area contributed by atoms with Gasteiger partial charge in [-0.05, 0) is 110 Å². The van der Waals surface area contributed by atoms with E-state index in [9.17, 15) is 28.0 Å². The fourth-order valence-electron chi connectivity index (χ4n) is 12.6. The number of rotatable bonds is 7. The molecule has 2 N–H and O–H groups in total. The highest BCUT2D eigenvalue weighted by molar-refractivity contribution is 6.05. The number of aromatic amines is 1. The molecule has 0 radical (unpaired) electrons. The van der Waals surface area contributed by atoms with E-state index in [0.717, 1.165) is 79.2 Å². The van der Waals surface area contributed by atoms with Crippen LogP contribution in [0, 0.1) is 23.0 Å². The van der Waals surface area contributed by atoms with Gasteiger partial charge in [0.05, 0.1) is 12.6 Å². The molecular formula is C49H53F4N7O4. The van der Waals surface area contributed by atoms with Crippen molar-refractivity contribution in [2.45, 2.75) is 115 Å². The number of H-pyrrole nitrogens is 1. The Hall–Kier alpha value is -5.28. The molecule has 15 heteroatoms. The number of likely N-dealkylation sites (tertiary alicyclic amines) is 1. The molecule has 1 aromatic heterocycles. The van der Waals surface area contributed by atoms with Gasteiger partial charge in [0.2, 0.25) is 17.7 Å². The molecule has 1 aliphatic carbocycles. The van der Waals surface area contributed by atoms with Gasteiger partial charge in [-0.15, -0.1) is 0 Å². The maximum Gasteiger partial charge on any atom is 0.255 e. The number of aromatic nitrogens is 1. The van der Waals surface area contributed by atoms with E-state index < -0.39 is 42.6 Å². The predicted octanol–water partition coefficient (Wildman–Crippen LogP) is 6.81. The third-order valence-electron chi connectivity index (χ3n) is 16.0. The average Bonchev–Trinajstić information content (AvgIpc) is 3.95. The predicted molar refractivity (Wildman–Crippen MR) is 230 cm³/mol. The van der Waals surface area contributed by atoms with E-state index in [1.165, 1.54) is 22.6 Å². The summed E-state index contributed by atoms with van der Waals surface area (Å²) in [6, 6.07) is 12.8. The largest absolute Gasteiger partial charge is 0.371 e. The van der Waals surface area contributed by atoms with Crippen molar-refractivity contribution in [1.29, 1.82) is 0 Å². The zero-order valence-corrected chi connectivity index (χ0v) is 36.0. The first kappa shape index (κ1) is 41.4. The normalized spacial score (nSPS) is 25.3. The van der Waals surface area contributed by atoms with E-state index in [-0.39, 0.29) is 47.1 Å². The van der Waals surface area contributed by atoms with Gasteiger partial charge in [0.15, 0.2) is 0 Å². The van der Waals surface area contributed by atoms with Gasteiger partial charge in [-0.1, -0.05) is 24.3 Å². The van der Waals surface area contributed by atoms with Crippen molar-refractivity contribution in [2.24, 2.45) is 11.3 Å². The minimum atomic E-state index is -2.67. The molecule has 11 nitrogen and oxygen atoms in total. The van der Waals surface area contributed by atoms with Crippen molar-refractivity contribution in [3.05, 3.63) is 99.2 Å². The van der Waals surface area contributed by atoms with Crippen LogP contribution in [0.15, 0.2) is 48.5 Å². The van der Waals surface area contributed by atoms with Crippen LogP contribution in [0.3, 0.4) is 0 Å². The number of piperidine rings is 3. The summed E-state index contributed by atoms with van der Waals surface area (Å²) in [7, 11) is 0. The van der Waals surface area contributed by atoms with E-state index in [0.29, 0.717) is 68.6 Å². The second kappa shape index (κ2) is 15.7. The molecule has 1 saturated carbocycles. The number of nitrogens with zero attached hydrogens (tertiary/aromatic N) is 5. The number of nitrogens with one attached hydrogen (secondary N) is 2. The van der Waals surface area contributed by atoms with Crippen molar-refractivity contribution in [3.63, 3.8) is 0 Å². The molecule has 4 fully saturated rings. The van der Waals surface area contributed by atoms with Crippen LogP contribution >= 0.6 is 0 Å². The van der Waals surface area contributed by atoms with Crippen molar-refractivity contribution < 1.29 is 36.7 Å². The first-order valence-corrected chi connectivity index (χ1v) is 23.0. The lowest BCUT2D eigenvalue weighted by atomic mass is 9.57. The highest BCUT2D eigenvalue weighted by Crippen LogP contribution is 2.54. The van der Waals surface area contributed by atoms with E-state index in [1.807, 2.05) is 47.1 Å². The van der Waals surface area contributed by atoms with E-state index in [4.69, 9.17) is 0 Å². The van der Waals surface area contributed by atoms with Gasteiger partial charge in [0.1, 0.15) is 17.7 Å². The Morgan fingerprint density at radius 2 is 1.58 bits per heavy atom. The van der Waals surface area contributed by atoms with Gasteiger partial charge < -0.3 is 19.7 Å². The molecule has 1 spiro atoms. The highest BCUT2D eigenvalue weighted by atomic mass is 19.3. The maximum absolute atomic E-state index is 16.3. The van der Waals surface area contributed by atoms with Crippen molar-refractivity contribution in [2.75, 3.05) is 37.6 Å². The molecule has 1 unspecified atom stereocenters. The fourth-order valence-corrected chi connectivity index (χ4v) is 12.6. The number of amides is 4. The first-order chi connectivity index (χ1) is 30.8. The van der Waals surface area contributed by atoms with Crippen LogP contribution in [0.25, 0.3) is 10.9 Å². The van der Waals surface area contributed by atoms with Gasteiger partial charge >= 0.3 is 0 Å². The minimum Gasteiger partial charge on any atom is -0.371 e.